The molecule has 0 aromatic carbocycles. The van der Waals surface area contributed by atoms with Crippen LogP contribution in [0.15, 0.2) is 24.6 Å². The molecule has 0 amide bonds. The molecule has 0 atom stereocenters. The average molecular weight is 450 g/mol. The summed E-state index contributed by atoms with van der Waals surface area (Å²) >= 11 is 2.98. The number of rotatable bonds is 0. The van der Waals surface area contributed by atoms with E-state index >= 15 is 0 Å². The minimum absolute atomic E-state index is 0.744. The molecule has 2 aliphatic heterocycles. The topological polar surface area (TPSA) is 0 Å². The first-order valence-electron chi connectivity index (χ1n) is 4.38. The predicted molar refractivity (Wildman–Crippen MR) is 66.8 cm³/mol. The Morgan fingerprint density at radius 3 is 0.929 bits per heavy atom. The summed E-state index contributed by atoms with van der Waals surface area (Å²) in [5, 5.41) is 0. The van der Waals surface area contributed by atoms with Crippen LogP contribution in [0.4, 0.5) is 0 Å². The van der Waals surface area contributed by atoms with Crippen molar-refractivity contribution in [3.05, 3.63) is 24.6 Å². The zero-order valence-corrected chi connectivity index (χ0v) is 15.5. The predicted octanol–water partition coefficient (Wildman–Crippen LogP) is 1.46. The van der Waals surface area contributed by atoms with Gasteiger partial charge in [-0.1, -0.05) is 0 Å². The van der Waals surface area contributed by atoms with Gasteiger partial charge in [-0.05, 0) is 0 Å². The van der Waals surface area contributed by atoms with Gasteiger partial charge < -0.3 is 0 Å². The second kappa shape index (κ2) is 4.66. The summed E-state index contributed by atoms with van der Waals surface area (Å²) in [6, 6.07) is 0. The molecular formula is C10H12Se4. The van der Waals surface area contributed by atoms with Crippen molar-refractivity contribution in [3.8, 4) is 0 Å². The first-order valence-corrected chi connectivity index (χ1v) is 11.2. The van der Waals surface area contributed by atoms with E-state index in [2.05, 4.69) is 27.7 Å². The molecule has 0 unspecified atom stereocenters. The van der Waals surface area contributed by atoms with Crippen LogP contribution in [0.2, 0.25) is 0 Å². The van der Waals surface area contributed by atoms with Crippen molar-refractivity contribution in [2.75, 3.05) is 0 Å². The molecule has 14 heavy (non-hydrogen) atoms. The number of hydrogen-bond donors (Lipinski definition) is 0. The Morgan fingerprint density at radius 1 is 0.500 bits per heavy atom. The van der Waals surface area contributed by atoms with Crippen molar-refractivity contribution in [2.24, 2.45) is 0 Å². The number of hydrogen-bond acceptors (Lipinski definition) is 0. The number of allylic oxidation sites excluding steroid dienone is 4. The van der Waals surface area contributed by atoms with Gasteiger partial charge in [0.05, 0.1) is 0 Å². The van der Waals surface area contributed by atoms with Crippen LogP contribution in [-0.2, 0) is 0 Å². The van der Waals surface area contributed by atoms with E-state index in [1.54, 1.807) is 17.9 Å². The average Bonchev–Trinajstić information content (AvgIpc) is 2.60. The van der Waals surface area contributed by atoms with E-state index in [0.29, 0.717) is 0 Å². The fourth-order valence-electron chi connectivity index (χ4n) is 1.05. The van der Waals surface area contributed by atoms with E-state index < -0.39 is 0 Å². The normalized spacial score (nSPS) is 23.1. The van der Waals surface area contributed by atoms with Crippen LogP contribution in [0, 0.1) is 0 Å². The Labute approximate surface area is 111 Å². The molecule has 0 bridgehead atoms. The molecule has 76 valence electrons. The minimum atomic E-state index is 0.744. The third-order valence-electron chi connectivity index (χ3n) is 2.14. The summed E-state index contributed by atoms with van der Waals surface area (Å²) in [7, 11) is 0. The Kier molecular flexibility index (Phi) is 3.92. The summed E-state index contributed by atoms with van der Waals surface area (Å²) < 4.78 is 10.7. The first kappa shape index (κ1) is 11.8. The van der Waals surface area contributed by atoms with Crippen LogP contribution in [0.1, 0.15) is 27.7 Å². The Balaban J connectivity index is 2.17. The van der Waals surface area contributed by atoms with Crippen molar-refractivity contribution in [1.82, 2.24) is 0 Å². The van der Waals surface area contributed by atoms with E-state index in [0.717, 1.165) is 59.8 Å². The molecule has 0 saturated heterocycles. The molecule has 0 spiro atoms. The maximum absolute atomic E-state index is 2.34. The summed E-state index contributed by atoms with van der Waals surface area (Å²) in [4.78, 5) is 0. The fraction of sp³-hybridized carbons (Fsp3) is 0.400. The van der Waals surface area contributed by atoms with Gasteiger partial charge in [-0.25, -0.2) is 0 Å². The molecule has 2 aliphatic rings. The summed E-state index contributed by atoms with van der Waals surface area (Å²) in [6.45, 7) is 9.36. The third kappa shape index (κ3) is 2.34. The third-order valence-corrected chi connectivity index (χ3v) is 18.1. The molecule has 4 heteroatoms. The molecule has 0 aromatic heterocycles. The van der Waals surface area contributed by atoms with Gasteiger partial charge in [0.2, 0.25) is 0 Å². The second-order valence-electron chi connectivity index (χ2n) is 3.21. The molecule has 0 saturated carbocycles. The molecule has 0 N–H and O–H groups in total. The standard InChI is InChI=1S/C10H12Se4/c1-5-6(2)12-9(11-5)10-13-7(3)8(4)14-10/h1-4H3/i9+1,10+1. The van der Waals surface area contributed by atoms with E-state index in [4.69, 9.17) is 0 Å². The zero-order valence-electron chi connectivity index (χ0n) is 8.63. The van der Waals surface area contributed by atoms with Gasteiger partial charge in [0.25, 0.3) is 0 Å². The monoisotopic (exact) mass is 454 g/mol. The van der Waals surface area contributed by atoms with Gasteiger partial charge in [0.15, 0.2) is 0 Å². The van der Waals surface area contributed by atoms with Crippen LogP contribution < -0.4 is 0 Å². The van der Waals surface area contributed by atoms with Crippen molar-refractivity contribution >= 4 is 59.8 Å². The van der Waals surface area contributed by atoms with E-state index in [9.17, 15) is 0 Å². The SMILES string of the molecule is CC1=C(C)[Se][13C](=[13C]2[Se]C(C)=C(C)[Se]2)[Se]1. The molecule has 0 aliphatic carbocycles. The van der Waals surface area contributed by atoms with Crippen molar-refractivity contribution in [2.45, 2.75) is 27.7 Å². The quantitative estimate of drug-likeness (QED) is 0.388. The van der Waals surface area contributed by atoms with Gasteiger partial charge in [-0.3, -0.25) is 0 Å². The second-order valence-corrected chi connectivity index (χ2v) is 16.1. The molecule has 0 radical (unpaired) electrons. The van der Waals surface area contributed by atoms with E-state index in [1.165, 1.54) is 0 Å². The van der Waals surface area contributed by atoms with Crippen LogP contribution in [0.3, 0.4) is 0 Å². The molecule has 0 nitrogen and oxygen atoms in total. The van der Waals surface area contributed by atoms with Crippen LogP contribution in [-0.4, -0.2) is 59.8 Å². The molecule has 0 aromatic rings. The Morgan fingerprint density at radius 2 is 0.714 bits per heavy atom. The van der Waals surface area contributed by atoms with Crippen LogP contribution >= 0.6 is 0 Å². The zero-order chi connectivity index (χ0) is 10.3. The fourth-order valence-corrected chi connectivity index (χ4v) is 17.3. The first-order chi connectivity index (χ1) is 6.58. The van der Waals surface area contributed by atoms with Crippen molar-refractivity contribution < 1.29 is 0 Å². The van der Waals surface area contributed by atoms with E-state index in [-0.39, 0.29) is 0 Å². The summed E-state index contributed by atoms with van der Waals surface area (Å²) in [5.74, 6) is 0. The maximum atomic E-state index is 2.34. The van der Waals surface area contributed by atoms with E-state index in [1.807, 2.05) is 6.74 Å². The van der Waals surface area contributed by atoms with Gasteiger partial charge >= 0.3 is 112 Å². The molecule has 2 heterocycles. The van der Waals surface area contributed by atoms with Crippen LogP contribution in [0.25, 0.3) is 0 Å². The summed E-state index contributed by atoms with van der Waals surface area (Å²) in [5.41, 5.74) is 0. The molecule has 0 fully saturated rings. The van der Waals surface area contributed by atoms with Gasteiger partial charge in [0.1, 0.15) is 0 Å². The molecular weight excluding hydrogens is 438 g/mol. The Bertz CT molecular complexity index is 306. The van der Waals surface area contributed by atoms with Gasteiger partial charge in [-0.2, -0.15) is 0 Å². The Hall–Kier alpha value is 1.30. The summed E-state index contributed by atoms with van der Waals surface area (Å²) in [6.07, 6.45) is 0. The van der Waals surface area contributed by atoms with Gasteiger partial charge in [0, 0.05) is 0 Å². The van der Waals surface area contributed by atoms with Gasteiger partial charge in [-0.15, -0.1) is 0 Å². The van der Waals surface area contributed by atoms with Crippen molar-refractivity contribution in [3.63, 3.8) is 0 Å². The van der Waals surface area contributed by atoms with Crippen LogP contribution in [0.5, 0.6) is 0 Å². The van der Waals surface area contributed by atoms with Crippen molar-refractivity contribution in [1.29, 1.82) is 0 Å². The molecule has 2 rings (SSSR count).